The number of halogens is 1. The van der Waals surface area contributed by atoms with Crippen LogP contribution >= 0.6 is 11.6 Å². The molecule has 0 bridgehead atoms. The third-order valence-corrected chi connectivity index (χ3v) is 2.52. The van der Waals surface area contributed by atoms with E-state index in [4.69, 9.17) is 16.9 Å². The zero-order valence-electron chi connectivity index (χ0n) is 7.94. The minimum absolute atomic E-state index is 0.253. The molecule has 15 heavy (non-hydrogen) atoms. The Hall–Kier alpha value is -1.72. The molecule has 2 aromatic rings. The molecule has 0 amide bonds. The molecule has 0 spiro atoms. The lowest BCUT2D eigenvalue weighted by Crippen LogP contribution is -1.97. The Labute approximate surface area is 93.1 Å². The lowest BCUT2D eigenvalue weighted by molar-refractivity contribution is 0.985. The van der Waals surface area contributed by atoms with Gasteiger partial charge in [0.1, 0.15) is 5.92 Å². The molecule has 1 aromatic heterocycles. The van der Waals surface area contributed by atoms with Crippen LogP contribution in [0.4, 0.5) is 0 Å². The monoisotopic (exact) mass is 216 g/mol. The van der Waals surface area contributed by atoms with Crippen molar-refractivity contribution in [2.24, 2.45) is 0 Å². The molecule has 0 radical (unpaired) electrons. The molecule has 0 unspecified atom stereocenters. The van der Waals surface area contributed by atoms with Crippen molar-refractivity contribution in [1.82, 2.24) is 4.98 Å². The summed E-state index contributed by atoms with van der Waals surface area (Å²) in [5.74, 6) is -0.253. The van der Waals surface area contributed by atoms with E-state index in [1.54, 1.807) is 12.1 Å². The Bertz CT molecular complexity index is 465. The third kappa shape index (κ3) is 2.03. The predicted molar refractivity (Wildman–Crippen MR) is 59.7 cm³/mol. The second-order valence-corrected chi connectivity index (χ2v) is 3.68. The number of nitrogens with zero attached hydrogens (tertiary/aromatic N) is 1. The van der Waals surface area contributed by atoms with Gasteiger partial charge in [-0.05, 0) is 29.8 Å². The first kappa shape index (κ1) is 9.82. The summed E-state index contributed by atoms with van der Waals surface area (Å²) in [5.41, 5.74) is 1.85. The van der Waals surface area contributed by atoms with Crippen molar-refractivity contribution < 1.29 is 0 Å². The number of aromatic amines is 1. The van der Waals surface area contributed by atoms with Gasteiger partial charge in [0, 0.05) is 16.9 Å². The fourth-order valence-corrected chi connectivity index (χ4v) is 1.63. The summed E-state index contributed by atoms with van der Waals surface area (Å²) >= 11 is 5.79. The Balaban J connectivity index is 2.37. The quantitative estimate of drug-likeness (QED) is 0.822. The SMILES string of the molecule is N#C[C@@H](c1ccc(Cl)cc1)c1ccc[nH]1. The van der Waals surface area contributed by atoms with Gasteiger partial charge in [0.2, 0.25) is 0 Å². The van der Waals surface area contributed by atoms with Crippen molar-refractivity contribution in [3.8, 4) is 6.07 Å². The number of hydrogen-bond acceptors (Lipinski definition) is 1. The van der Waals surface area contributed by atoms with Crippen molar-refractivity contribution in [2.75, 3.05) is 0 Å². The number of hydrogen-bond donors (Lipinski definition) is 1. The molecule has 1 atom stereocenters. The zero-order valence-corrected chi connectivity index (χ0v) is 8.70. The minimum Gasteiger partial charge on any atom is -0.364 e. The molecular weight excluding hydrogens is 208 g/mol. The first-order valence-electron chi connectivity index (χ1n) is 4.59. The maximum atomic E-state index is 9.12. The van der Waals surface area contributed by atoms with Gasteiger partial charge in [-0.25, -0.2) is 0 Å². The van der Waals surface area contributed by atoms with Crippen LogP contribution in [0.1, 0.15) is 17.2 Å². The summed E-state index contributed by atoms with van der Waals surface area (Å²) in [4.78, 5) is 3.05. The van der Waals surface area contributed by atoms with Gasteiger partial charge in [0.05, 0.1) is 6.07 Å². The maximum Gasteiger partial charge on any atom is 0.111 e. The van der Waals surface area contributed by atoms with E-state index in [1.807, 2.05) is 30.5 Å². The van der Waals surface area contributed by atoms with Crippen LogP contribution in [0.2, 0.25) is 5.02 Å². The maximum absolute atomic E-state index is 9.12. The van der Waals surface area contributed by atoms with Crippen LogP contribution in [-0.2, 0) is 0 Å². The summed E-state index contributed by atoms with van der Waals surface area (Å²) in [6.07, 6.45) is 1.82. The van der Waals surface area contributed by atoms with Crippen molar-refractivity contribution in [3.63, 3.8) is 0 Å². The highest BCUT2D eigenvalue weighted by molar-refractivity contribution is 6.30. The fraction of sp³-hybridized carbons (Fsp3) is 0.0833. The highest BCUT2D eigenvalue weighted by Gasteiger charge is 2.13. The number of nitriles is 1. The van der Waals surface area contributed by atoms with E-state index in [0.717, 1.165) is 11.3 Å². The van der Waals surface area contributed by atoms with E-state index in [0.29, 0.717) is 5.02 Å². The van der Waals surface area contributed by atoms with Crippen LogP contribution in [0.15, 0.2) is 42.6 Å². The molecule has 1 aromatic carbocycles. The van der Waals surface area contributed by atoms with Crippen LogP contribution in [0, 0.1) is 11.3 Å². The first-order chi connectivity index (χ1) is 7.31. The van der Waals surface area contributed by atoms with Gasteiger partial charge in [0.25, 0.3) is 0 Å². The highest BCUT2D eigenvalue weighted by atomic mass is 35.5. The van der Waals surface area contributed by atoms with Crippen molar-refractivity contribution in [1.29, 1.82) is 5.26 Å². The van der Waals surface area contributed by atoms with E-state index in [-0.39, 0.29) is 5.92 Å². The molecule has 0 saturated carbocycles. The van der Waals surface area contributed by atoms with Crippen LogP contribution < -0.4 is 0 Å². The Kier molecular flexibility index (Phi) is 2.75. The van der Waals surface area contributed by atoms with Crippen LogP contribution in [0.5, 0.6) is 0 Å². The van der Waals surface area contributed by atoms with Crippen LogP contribution in [0.3, 0.4) is 0 Å². The van der Waals surface area contributed by atoms with Gasteiger partial charge in [0.15, 0.2) is 0 Å². The predicted octanol–water partition coefficient (Wildman–Crippen LogP) is 3.32. The van der Waals surface area contributed by atoms with Gasteiger partial charge in [-0.1, -0.05) is 23.7 Å². The van der Waals surface area contributed by atoms with Crippen molar-refractivity contribution in [3.05, 3.63) is 58.9 Å². The van der Waals surface area contributed by atoms with Gasteiger partial charge in [-0.2, -0.15) is 5.26 Å². The Morgan fingerprint density at radius 1 is 1.20 bits per heavy atom. The number of aromatic nitrogens is 1. The van der Waals surface area contributed by atoms with Gasteiger partial charge >= 0.3 is 0 Å². The molecule has 3 heteroatoms. The molecule has 0 aliphatic heterocycles. The van der Waals surface area contributed by atoms with Crippen LogP contribution in [-0.4, -0.2) is 4.98 Å². The number of benzene rings is 1. The molecule has 0 aliphatic carbocycles. The van der Waals surface area contributed by atoms with E-state index in [9.17, 15) is 0 Å². The van der Waals surface area contributed by atoms with Crippen molar-refractivity contribution >= 4 is 11.6 Å². The summed E-state index contributed by atoms with van der Waals surface area (Å²) in [7, 11) is 0. The second-order valence-electron chi connectivity index (χ2n) is 3.24. The normalized spacial score (nSPS) is 12.0. The Morgan fingerprint density at radius 3 is 2.47 bits per heavy atom. The first-order valence-corrected chi connectivity index (χ1v) is 4.97. The summed E-state index contributed by atoms with van der Waals surface area (Å²) < 4.78 is 0. The molecule has 2 rings (SSSR count). The number of H-pyrrole nitrogens is 1. The minimum atomic E-state index is -0.253. The lowest BCUT2D eigenvalue weighted by atomic mass is 9.98. The average molecular weight is 217 g/mol. The Morgan fingerprint density at radius 2 is 1.93 bits per heavy atom. The van der Waals surface area contributed by atoms with Gasteiger partial charge < -0.3 is 4.98 Å². The summed E-state index contributed by atoms with van der Waals surface area (Å²) in [6, 6.07) is 13.4. The molecule has 0 aliphatic rings. The fourth-order valence-electron chi connectivity index (χ4n) is 1.50. The van der Waals surface area contributed by atoms with Crippen LogP contribution in [0.25, 0.3) is 0 Å². The highest BCUT2D eigenvalue weighted by Crippen LogP contribution is 2.23. The molecule has 1 N–H and O–H groups in total. The van der Waals surface area contributed by atoms with E-state index < -0.39 is 0 Å². The molecule has 1 heterocycles. The van der Waals surface area contributed by atoms with E-state index >= 15 is 0 Å². The molecule has 0 saturated heterocycles. The van der Waals surface area contributed by atoms with E-state index in [1.165, 1.54) is 0 Å². The average Bonchev–Trinajstić information content (AvgIpc) is 2.75. The summed E-state index contributed by atoms with van der Waals surface area (Å²) in [6.45, 7) is 0. The summed E-state index contributed by atoms with van der Waals surface area (Å²) in [5, 5.41) is 9.80. The largest absolute Gasteiger partial charge is 0.364 e. The molecular formula is C12H9ClN2. The smallest absolute Gasteiger partial charge is 0.111 e. The topological polar surface area (TPSA) is 39.6 Å². The number of rotatable bonds is 2. The van der Waals surface area contributed by atoms with Gasteiger partial charge in [-0.15, -0.1) is 0 Å². The van der Waals surface area contributed by atoms with Crippen molar-refractivity contribution in [2.45, 2.75) is 5.92 Å². The van der Waals surface area contributed by atoms with E-state index in [2.05, 4.69) is 11.1 Å². The third-order valence-electron chi connectivity index (χ3n) is 2.27. The standard InChI is InChI=1S/C12H9ClN2/c13-10-5-3-9(4-6-10)11(8-14)12-2-1-7-15-12/h1-7,11,15H/t11-/m0/s1. The van der Waals surface area contributed by atoms with Gasteiger partial charge in [-0.3, -0.25) is 0 Å². The second kappa shape index (κ2) is 4.20. The lowest BCUT2D eigenvalue weighted by Gasteiger charge is -2.07. The number of nitrogens with one attached hydrogen (secondary N) is 1. The molecule has 0 fully saturated rings. The zero-order chi connectivity index (χ0) is 10.7. The molecule has 2 nitrogen and oxygen atoms in total. The molecule has 74 valence electrons.